The van der Waals surface area contributed by atoms with Crippen LogP contribution in [0.3, 0.4) is 0 Å². The molecule has 0 radical (unpaired) electrons. The summed E-state index contributed by atoms with van der Waals surface area (Å²) >= 11 is 1.43. The number of carbonyl (C=O) groups is 2. The molecule has 0 saturated heterocycles. The molecule has 0 aliphatic carbocycles. The van der Waals surface area contributed by atoms with Crippen molar-refractivity contribution in [1.29, 1.82) is 0 Å². The van der Waals surface area contributed by atoms with Gasteiger partial charge in [-0.05, 0) is 60.0 Å². The smallest absolute Gasteiger partial charge is 0.282 e. The van der Waals surface area contributed by atoms with Crippen molar-refractivity contribution in [3.63, 3.8) is 0 Å². The van der Waals surface area contributed by atoms with Crippen molar-refractivity contribution in [1.82, 2.24) is 0 Å². The lowest BCUT2D eigenvalue weighted by Crippen LogP contribution is -2.32. The maximum absolute atomic E-state index is 13.3. The summed E-state index contributed by atoms with van der Waals surface area (Å²) in [5, 5.41) is 5.04. The van der Waals surface area contributed by atoms with E-state index in [9.17, 15) is 9.59 Å². The molecule has 7 heteroatoms. The Morgan fingerprint density at radius 1 is 0.933 bits per heavy atom. The van der Waals surface area contributed by atoms with Crippen molar-refractivity contribution in [2.24, 2.45) is 0 Å². The molecule has 2 heterocycles. The van der Waals surface area contributed by atoms with Crippen molar-refractivity contribution < 1.29 is 14.3 Å². The number of thiophene rings is 1. The minimum absolute atomic E-state index is 0.268. The van der Waals surface area contributed by atoms with Crippen LogP contribution in [-0.2, 0) is 9.59 Å². The Morgan fingerprint density at radius 2 is 1.63 bits per heavy atom. The molecular weight excluding hydrogens is 398 g/mol. The van der Waals surface area contributed by atoms with Gasteiger partial charge < -0.3 is 15.0 Å². The van der Waals surface area contributed by atoms with Crippen LogP contribution < -0.4 is 19.9 Å². The number of amides is 2. The van der Waals surface area contributed by atoms with Crippen molar-refractivity contribution in [2.75, 3.05) is 36.3 Å². The fraction of sp³-hybridized carbons (Fsp3) is 0.130. The van der Waals surface area contributed by atoms with Gasteiger partial charge in [0, 0.05) is 30.3 Å². The van der Waals surface area contributed by atoms with Crippen molar-refractivity contribution in [3.05, 3.63) is 76.6 Å². The van der Waals surface area contributed by atoms with Gasteiger partial charge >= 0.3 is 0 Å². The van der Waals surface area contributed by atoms with E-state index in [1.807, 2.05) is 60.8 Å². The summed E-state index contributed by atoms with van der Waals surface area (Å²) in [5.74, 6) is -0.00247. The second kappa shape index (κ2) is 8.04. The molecule has 0 fully saturated rings. The highest BCUT2D eigenvalue weighted by molar-refractivity contribution is 7.11. The number of anilines is 3. The Bertz CT molecular complexity index is 1100. The summed E-state index contributed by atoms with van der Waals surface area (Å²) in [6.07, 6.45) is 0. The number of methoxy groups -OCH3 is 1. The second-order valence-electron chi connectivity index (χ2n) is 6.94. The van der Waals surface area contributed by atoms with Gasteiger partial charge in [0.05, 0.1) is 18.4 Å². The average Bonchev–Trinajstić information content (AvgIpc) is 3.35. The summed E-state index contributed by atoms with van der Waals surface area (Å²) < 4.78 is 5.19. The third kappa shape index (κ3) is 3.55. The predicted molar refractivity (Wildman–Crippen MR) is 121 cm³/mol. The zero-order valence-electron chi connectivity index (χ0n) is 16.9. The molecule has 3 aromatic rings. The van der Waals surface area contributed by atoms with E-state index in [1.54, 1.807) is 31.4 Å². The monoisotopic (exact) mass is 419 g/mol. The largest absolute Gasteiger partial charge is 0.497 e. The Balaban J connectivity index is 1.72. The van der Waals surface area contributed by atoms with Crippen molar-refractivity contribution >= 4 is 45.8 Å². The van der Waals surface area contributed by atoms with E-state index in [4.69, 9.17) is 4.74 Å². The van der Waals surface area contributed by atoms with Gasteiger partial charge in [-0.1, -0.05) is 6.07 Å². The molecular formula is C23H21N3O3S. The van der Waals surface area contributed by atoms with E-state index in [-0.39, 0.29) is 17.5 Å². The van der Waals surface area contributed by atoms with Crippen LogP contribution in [0.5, 0.6) is 5.75 Å². The summed E-state index contributed by atoms with van der Waals surface area (Å²) in [7, 11) is 5.47. The third-order valence-electron chi connectivity index (χ3n) is 4.84. The standard InChI is InChI=1S/C23H21N3O3S/c1-25(2)16-8-10-17(11-9-16)26-22(27)20(19-5-4-14-30-19)21(23(26)28)24-15-6-12-18(29-3)13-7-15/h4-14,24H,1-3H3. The Morgan fingerprint density at radius 3 is 2.20 bits per heavy atom. The summed E-state index contributed by atoms with van der Waals surface area (Å²) in [6.45, 7) is 0. The highest BCUT2D eigenvalue weighted by Gasteiger charge is 2.40. The Hall–Kier alpha value is -3.58. The number of imide groups is 1. The van der Waals surface area contributed by atoms with Crippen LogP contribution in [0.25, 0.3) is 5.57 Å². The molecule has 6 nitrogen and oxygen atoms in total. The molecule has 30 heavy (non-hydrogen) atoms. The lowest BCUT2D eigenvalue weighted by molar-refractivity contribution is -0.120. The highest BCUT2D eigenvalue weighted by atomic mass is 32.1. The van der Waals surface area contributed by atoms with Crippen LogP contribution in [-0.4, -0.2) is 33.0 Å². The highest BCUT2D eigenvalue weighted by Crippen LogP contribution is 2.36. The van der Waals surface area contributed by atoms with Crippen LogP contribution in [0.15, 0.2) is 71.7 Å². The second-order valence-corrected chi connectivity index (χ2v) is 7.89. The number of hydrogen-bond donors (Lipinski definition) is 1. The molecule has 0 atom stereocenters. The molecule has 152 valence electrons. The number of benzene rings is 2. The zero-order chi connectivity index (χ0) is 21.3. The van der Waals surface area contributed by atoms with Gasteiger partial charge in [-0.3, -0.25) is 9.59 Å². The number of nitrogens with one attached hydrogen (secondary N) is 1. The minimum Gasteiger partial charge on any atom is -0.497 e. The van der Waals surface area contributed by atoms with Crippen LogP contribution in [0.1, 0.15) is 4.88 Å². The van der Waals surface area contributed by atoms with Gasteiger partial charge in [0.25, 0.3) is 11.8 Å². The summed E-state index contributed by atoms with van der Waals surface area (Å²) in [4.78, 5) is 30.6. The molecule has 1 N–H and O–H groups in total. The number of rotatable bonds is 6. The molecule has 0 unspecified atom stereocenters. The van der Waals surface area contributed by atoms with Crippen molar-refractivity contribution in [3.8, 4) is 5.75 Å². The van der Waals surface area contributed by atoms with Crippen LogP contribution in [0.4, 0.5) is 17.1 Å². The molecule has 0 spiro atoms. The van der Waals surface area contributed by atoms with Crippen molar-refractivity contribution in [2.45, 2.75) is 0 Å². The first kappa shape index (κ1) is 19.7. The summed E-state index contributed by atoms with van der Waals surface area (Å²) in [5.41, 5.74) is 2.87. The van der Waals surface area contributed by atoms with Crippen LogP contribution in [0.2, 0.25) is 0 Å². The topological polar surface area (TPSA) is 61.9 Å². The van der Waals surface area contributed by atoms with Gasteiger partial charge in [-0.15, -0.1) is 11.3 Å². The summed E-state index contributed by atoms with van der Waals surface area (Å²) in [6, 6.07) is 18.3. The van der Waals surface area contributed by atoms with Gasteiger partial charge in [-0.2, -0.15) is 0 Å². The average molecular weight is 420 g/mol. The quantitative estimate of drug-likeness (QED) is 0.606. The maximum atomic E-state index is 13.3. The molecule has 1 aliphatic rings. The van der Waals surface area contributed by atoms with E-state index in [0.29, 0.717) is 22.7 Å². The molecule has 4 rings (SSSR count). The van der Waals surface area contributed by atoms with E-state index in [1.165, 1.54) is 16.2 Å². The molecule has 0 saturated carbocycles. The first-order valence-corrected chi connectivity index (χ1v) is 10.2. The molecule has 1 aliphatic heterocycles. The van der Waals surface area contributed by atoms with E-state index < -0.39 is 0 Å². The number of hydrogen-bond acceptors (Lipinski definition) is 6. The Kier molecular flexibility index (Phi) is 5.29. The Labute approximate surface area is 179 Å². The van der Waals surface area contributed by atoms with Crippen LogP contribution >= 0.6 is 11.3 Å². The minimum atomic E-state index is -0.378. The van der Waals surface area contributed by atoms with E-state index in [2.05, 4.69) is 5.32 Å². The van der Waals surface area contributed by atoms with Gasteiger partial charge in [0.1, 0.15) is 11.4 Å². The first-order valence-electron chi connectivity index (χ1n) is 9.35. The SMILES string of the molecule is COc1ccc(NC2=C(c3cccs3)C(=O)N(c3ccc(N(C)C)cc3)C2=O)cc1. The van der Waals surface area contributed by atoms with Gasteiger partial charge in [-0.25, -0.2) is 4.90 Å². The normalized spacial score (nSPS) is 13.8. The van der Waals surface area contributed by atoms with Gasteiger partial charge in [0.15, 0.2) is 0 Å². The lowest BCUT2D eigenvalue weighted by atomic mass is 10.2. The maximum Gasteiger partial charge on any atom is 0.282 e. The van der Waals surface area contributed by atoms with Gasteiger partial charge in [0.2, 0.25) is 0 Å². The lowest BCUT2D eigenvalue weighted by Gasteiger charge is -2.18. The zero-order valence-corrected chi connectivity index (χ0v) is 17.7. The van der Waals surface area contributed by atoms with E-state index >= 15 is 0 Å². The number of ether oxygens (including phenoxy) is 1. The molecule has 2 aromatic carbocycles. The fourth-order valence-electron chi connectivity index (χ4n) is 3.25. The molecule has 0 bridgehead atoms. The fourth-order valence-corrected chi connectivity index (χ4v) is 4.02. The third-order valence-corrected chi connectivity index (χ3v) is 5.72. The predicted octanol–water partition coefficient (Wildman–Crippen LogP) is 4.22. The molecule has 2 amide bonds. The van der Waals surface area contributed by atoms with Crippen LogP contribution in [0, 0.1) is 0 Å². The number of carbonyl (C=O) groups excluding carboxylic acids is 2. The first-order chi connectivity index (χ1) is 14.5. The number of nitrogens with zero attached hydrogens (tertiary/aromatic N) is 2. The molecule has 1 aromatic heterocycles. The van der Waals surface area contributed by atoms with E-state index in [0.717, 1.165) is 10.6 Å².